The predicted molar refractivity (Wildman–Crippen MR) is 54.3 cm³/mol. The number of nitrogens with two attached hydrogens (primary N) is 1. The number of hydrogen-bond acceptors (Lipinski definition) is 2. The van der Waals surface area contributed by atoms with Crippen LogP contribution in [0.4, 0.5) is 5.82 Å². The van der Waals surface area contributed by atoms with Gasteiger partial charge in [-0.1, -0.05) is 19.8 Å². The summed E-state index contributed by atoms with van der Waals surface area (Å²) in [5, 5.41) is 0. The zero-order valence-corrected chi connectivity index (χ0v) is 8.33. The van der Waals surface area contributed by atoms with Crippen molar-refractivity contribution in [3.05, 3.63) is 11.5 Å². The van der Waals surface area contributed by atoms with Gasteiger partial charge in [-0.2, -0.15) is 0 Å². The van der Waals surface area contributed by atoms with Crippen molar-refractivity contribution in [2.45, 2.75) is 33.2 Å². The maximum Gasteiger partial charge on any atom is 0.127 e. The highest BCUT2D eigenvalue weighted by atomic mass is 15.1. The summed E-state index contributed by atoms with van der Waals surface area (Å²) in [5.41, 5.74) is 6.83. The summed E-state index contributed by atoms with van der Waals surface area (Å²) < 4.78 is 1.86. The Morgan fingerprint density at radius 2 is 2.23 bits per heavy atom. The summed E-state index contributed by atoms with van der Waals surface area (Å²) >= 11 is 0. The minimum Gasteiger partial charge on any atom is -0.384 e. The van der Waals surface area contributed by atoms with Crippen LogP contribution in [0.1, 0.15) is 31.3 Å². The Morgan fingerprint density at radius 3 is 2.62 bits per heavy atom. The second kappa shape index (κ2) is 3.53. The molecule has 1 aromatic rings. The first-order valence-corrected chi connectivity index (χ1v) is 4.33. The Hall–Kier alpha value is -1.43. The van der Waals surface area contributed by atoms with Gasteiger partial charge < -0.3 is 10.3 Å². The highest BCUT2D eigenvalue weighted by Crippen LogP contribution is 2.21. The average molecular weight is 177 g/mol. The van der Waals surface area contributed by atoms with Crippen LogP contribution in [0.25, 0.3) is 0 Å². The Balaban J connectivity index is 3.16. The third-order valence-corrected chi connectivity index (χ3v) is 2.02. The first kappa shape index (κ1) is 9.66. The number of terminal acetylenes is 1. The molecule has 0 fully saturated rings. The predicted octanol–water partition coefficient (Wildman–Crippen LogP) is 1.53. The van der Waals surface area contributed by atoms with Crippen molar-refractivity contribution in [3.8, 4) is 12.3 Å². The number of imidazole rings is 1. The minimum atomic E-state index is 0.345. The molecular weight excluding hydrogens is 162 g/mol. The zero-order valence-electron chi connectivity index (χ0n) is 8.33. The Bertz CT molecular complexity index is 342. The van der Waals surface area contributed by atoms with Gasteiger partial charge >= 0.3 is 0 Å². The van der Waals surface area contributed by atoms with Gasteiger partial charge in [0.2, 0.25) is 0 Å². The number of anilines is 1. The molecule has 0 aromatic carbocycles. The average Bonchev–Trinajstić information content (AvgIpc) is 2.32. The van der Waals surface area contributed by atoms with E-state index in [2.05, 4.69) is 24.8 Å². The molecule has 3 nitrogen and oxygen atoms in total. The smallest absolute Gasteiger partial charge is 0.127 e. The lowest BCUT2D eigenvalue weighted by atomic mass is 10.1. The van der Waals surface area contributed by atoms with Crippen LogP contribution in [0, 0.1) is 19.3 Å². The summed E-state index contributed by atoms with van der Waals surface area (Å²) in [4.78, 5) is 4.37. The first-order chi connectivity index (χ1) is 6.07. The summed E-state index contributed by atoms with van der Waals surface area (Å²) in [6, 6.07) is 0. The molecule has 70 valence electrons. The van der Waals surface area contributed by atoms with E-state index in [0.717, 1.165) is 11.5 Å². The van der Waals surface area contributed by atoms with Crippen molar-refractivity contribution in [3.63, 3.8) is 0 Å². The number of nitrogens with zero attached hydrogens (tertiary/aromatic N) is 2. The highest BCUT2D eigenvalue weighted by molar-refractivity contribution is 5.40. The third kappa shape index (κ3) is 1.67. The molecule has 0 amide bonds. The number of rotatable bonds is 2. The molecule has 13 heavy (non-hydrogen) atoms. The van der Waals surface area contributed by atoms with Crippen molar-refractivity contribution in [1.29, 1.82) is 0 Å². The van der Waals surface area contributed by atoms with Crippen molar-refractivity contribution >= 4 is 5.82 Å². The normalized spacial score (nSPS) is 10.4. The molecule has 0 spiro atoms. The largest absolute Gasteiger partial charge is 0.384 e. The SMILES string of the molecule is C#CCn1c(C)nc(C(C)C)c1N. The van der Waals surface area contributed by atoms with Gasteiger partial charge in [-0.3, -0.25) is 0 Å². The van der Waals surface area contributed by atoms with Crippen LogP contribution in [0.2, 0.25) is 0 Å². The summed E-state index contributed by atoms with van der Waals surface area (Å²) in [6.45, 7) is 6.55. The molecule has 1 aromatic heterocycles. The second-order valence-electron chi connectivity index (χ2n) is 3.37. The fraction of sp³-hybridized carbons (Fsp3) is 0.500. The van der Waals surface area contributed by atoms with E-state index in [-0.39, 0.29) is 0 Å². The molecule has 0 radical (unpaired) electrons. The van der Waals surface area contributed by atoms with Crippen molar-refractivity contribution in [2.75, 3.05) is 5.73 Å². The summed E-state index contributed by atoms with van der Waals surface area (Å²) in [6.07, 6.45) is 5.23. The van der Waals surface area contributed by atoms with Gasteiger partial charge in [-0.05, 0) is 12.8 Å². The van der Waals surface area contributed by atoms with Gasteiger partial charge in [-0.25, -0.2) is 4.98 Å². The number of nitrogen functional groups attached to an aromatic ring is 1. The van der Waals surface area contributed by atoms with Gasteiger partial charge in [0.25, 0.3) is 0 Å². The Kier molecular flexibility index (Phi) is 2.62. The Labute approximate surface area is 79.0 Å². The van der Waals surface area contributed by atoms with Crippen LogP contribution in [0.15, 0.2) is 0 Å². The molecule has 1 heterocycles. The lowest BCUT2D eigenvalue weighted by molar-refractivity contribution is 0.807. The molecule has 0 aliphatic rings. The second-order valence-corrected chi connectivity index (χ2v) is 3.37. The standard InChI is InChI=1S/C10H15N3/c1-5-6-13-8(4)12-9(7(2)3)10(13)11/h1,7H,6,11H2,2-4H3. The highest BCUT2D eigenvalue weighted by Gasteiger charge is 2.13. The van der Waals surface area contributed by atoms with E-state index >= 15 is 0 Å². The first-order valence-electron chi connectivity index (χ1n) is 4.33. The molecule has 0 bridgehead atoms. The Morgan fingerprint density at radius 1 is 1.62 bits per heavy atom. The van der Waals surface area contributed by atoms with Gasteiger partial charge in [0.1, 0.15) is 11.6 Å². The van der Waals surface area contributed by atoms with Crippen molar-refractivity contribution in [2.24, 2.45) is 0 Å². The summed E-state index contributed by atoms with van der Waals surface area (Å²) in [7, 11) is 0. The molecule has 2 N–H and O–H groups in total. The van der Waals surface area contributed by atoms with Crippen molar-refractivity contribution in [1.82, 2.24) is 9.55 Å². The lowest BCUT2D eigenvalue weighted by Gasteiger charge is -2.04. The maximum absolute atomic E-state index is 5.90. The quantitative estimate of drug-likeness (QED) is 0.696. The molecule has 0 aliphatic carbocycles. The lowest BCUT2D eigenvalue weighted by Crippen LogP contribution is -2.04. The molecule has 0 aliphatic heterocycles. The van der Waals surface area contributed by atoms with Crippen LogP contribution in [0.5, 0.6) is 0 Å². The number of aryl methyl sites for hydroxylation is 1. The van der Waals surface area contributed by atoms with E-state index in [1.54, 1.807) is 0 Å². The molecule has 0 saturated heterocycles. The number of aromatic nitrogens is 2. The fourth-order valence-corrected chi connectivity index (χ4v) is 1.32. The third-order valence-electron chi connectivity index (χ3n) is 2.02. The van der Waals surface area contributed by atoms with E-state index in [1.807, 2.05) is 11.5 Å². The van der Waals surface area contributed by atoms with E-state index in [4.69, 9.17) is 12.2 Å². The van der Waals surface area contributed by atoms with E-state index in [9.17, 15) is 0 Å². The van der Waals surface area contributed by atoms with E-state index in [1.165, 1.54) is 0 Å². The van der Waals surface area contributed by atoms with Gasteiger partial charge in [0.05, 0.1) is 12.2 Å². The molecular formula is C10H15N3. The summed E-state index contributed by atoms with van der Waals surface area (Å²) in [5.74, 6) is 4.49. The van der Waals surface area contributed by atoms with Crippen molar-refractivity contribution < 1.29 is 0 Å². The van der Waals surface area contributed by atoms with Crippen LogP contribution in [-0.2, 0) is 6.54 Å². The molecule has 0 atom stereocenters. The molecule has 0 unspecified atom stereocenters. The number of hydrogen-bond donors (Lipinski definition) is 1. The van der Waals surface area contributed by atoms with Gasteiger partial charge in [-0.15, -0.1) is 6.42 Å². The fourth-order valence-electron chi connectivity index (χ4n) is 1.32. The van der Waals surface area contributed by atoms with Crippen LogP contribution in [0.3, 0.4) is 0 Å². The van der Waals surface area contributed by atoms with Gasteiger partial charge in [0, 0.05) is 0 Å². The topological polar surface area (TPSA) is 43.8 Å². The van der Waals surface area contributed by atoms with Crippen LogP contribution in [-0.4, -0.2) is 9.55 Å². The van der Waals surface area contributed by atoms with E-state index in [0.29, 0.717) is 18.3 Å². The molecule has 3 heteroatoms. The zero-order chi connectivity index (χ0) is 10.0. The molecule has 1 rings (SSSR count). The monoisotopic (exact) mass is 177 g/mol. The van der Waals surface area contributed by atoms with E-state index < -0.39 is 0 Å². The van der Waals surface area contributed by atoms with Crippen LogP contribution >= 0.6 is 0 Å². The van der Waals surface area contributed by atoms with Gasteiger partial charge in [0.15, 0.2) is 0 Å². The minimum absolute atomic E-state index is 0.345. The van der Waals surface area contributed by atoms with Crippen LogP contribution < -0.4 is 5.73 Å². The molecule has 0 saturated carbocycles. The maximum atomic E-state index is 5.90.